The number of rotatable bonds is 5. The van der Waals surface area contributed by atoms with Crippen LogP contribution in [0.5, 0.6) is 5.75 Å². The molecule has 0 bridgehead atoms. The normalized spacial score (nSPS) is 27.9. The molecule has 5 nitrogen and oxygen atoms in total. The average molecular weight is 294 g/mol. The number of methoxy groups -OCH3 is 1. The van der Waals surface area contributed by atoms with Crippen LogP contribution >= 0.6 is 0 Å². The Labute approximate surface area is 128 Å². The number of aryl methyl sites for hydroxylation is 1. The van der Waals surface area contributed by atoms with Crippen molar-refractivity contribution in [1.82, 2.24) is 20.0 Å². The van der Waals surface area contributed by atoms with Gasteiger partial charge in [-0.25, -0.2) is 0 Å². The number of hydrogen-bond donors (Lipinski definition) is 1. The highest BCUT2D eigenvalue weighted by atomic mass is 16.5. The van der Waals surface area contributed by atoms with Crippen LogP contribution in [0.4, 0.5) is 0 Å². The molecule has 0 aliphatic heterocycles. The molecule has 1 aliphatic carbocycles. The maximum absolute atomic E-state index is 5.55. The molecule has 1 aliphatic rings. The molecule has 1 N–H and O–H groups in total. The molecule has 0 spiro atoms. The van der Waals surface area contributed by atoms with Crippen molar-refractivity contribution in [2.24, 2.45) is 13.0 Å². The van der Waals surface area contributed by atoms with Crippen LogP contribution in [-0.4, -0.2) is 48.5 Å². The van der Waals surface area contributed by atoms with E-state index in [2.05, 4.69) is 36.3 Å². The van der Waals surface area contributed by atoms with E-state index in [1.165, 1.54) is 25.7 Å². The van der Waals surface area contributed by atoms with Gasteiger partial charge in [-0.15, -0.1) is 0 Å². The molecule has 3 atom stereocenters. The smallest absolute Gasteiger partial charge is 0.161 e. The SMILES string of the molecule is CNC(c1c(OC)cnn1C)C1(N(C)C)CCCC(C)C1. The Bertz CT molecular complexity index is 471. The first-order valence-corrected chi connectivity index (χ1v) is 7.87. The second-order valence-electron chi connectivity index (χ2n) is 6.64. The van der Waals surface area contributed by atoms with E-state index in [-0.39, 0.29) is 11.6 Å². The minimum absolute atomic E-state index is 0.105. The molecule has 120 valence electrons. The molecule has 3 unspecified atom stereocenters. The number of likely N-dealkylation sites (N-methyl/N-ethyl adjacent to an activating group) is 2. The highest BCUT2D eigenvalue weighted by Crippen LogP contribution is 2.45. The highest BCUT2D eigenvalue weighted by Gasteiger charge is 2.45. The van der Waals surface area contributed by atoms with Gasteiger partial charge in [0.1, 0.15) is 0 Å². The van der Waals surface area contributed by atoms with E-state index >= 15 is 0 Å². The molecule has 0 radical (unpaired) electrons. The Balaban J connectivity index is 2.47. The molecular formula is C16H30N4O. The van der Waals surface area contributed by atoms with Crippen molar-refractivity contribution in [3.05, 3.63) is 11.9 Å². The fourth-order valence-corrected chi connectivity index (χ4v) is 4.06. The van der Waals surface area contributed by atoms with Crippen LogP contribution in [0.25, 0.3) is 0 Å². The van der Waals surface area contributed by atoms with E-state index in [1.54, 1.807) is 7.11 Å². The first-order valence-electron chi connectivity index (χ1n) is 7.87. The zero-order valence-electron chi connectivity index (χ0n) is 14.3. The molecule has 1 saturated carbocycles. The largest absolute Gasteiger partial charge is 0.493 e. The summed E-state index contributed by atoms with van der Waals surface area (Å²) in [5, 5.41) is 7.94. The van der Waals surface area contributed by atoms with E-state index in [4.69, 9.17) is 4.74 Å². The van der Waals surface area contributed by atoms with Crippen molar-refractivity contribution in [2.75, 3.05) is 28.3 Å². The summed E-state index contributed by atoms with van der Waals surface area (Å²) in [5.74, 6) is 1.62. The van der Waals surface area contributed by atoms with E-state index < -0.39 is 0 Å². The zero-order valence-corrected chi connectivity index (χ0v) is 14.3. The van der Waals surface area contributed by atoms with E-state index in [9.17, 15) is 0 Å². The van der Waals surface area contributed by atoms with Gasteiger partial charge in [0, 0.05) is 12.6 Å². The summed E-state index contributed by atoms with van der Waals surface area (Å²) in [6, 6.07) is 0.206. The Hall–Kier alpha value is -1.07. The molecular weight excluding hydrogens is 264 g/mol. The Morgan fingerprint density at radius 2 is 2.24 bits per heavy atom. The summed E-state index contributed by atoms with van der Waals surface area (Å²) in [4.78, 5) is 2.40. The van der Waals surface area contributed by atoms with Gasteiger partial charge in [-0.3, -0.25) is 4.68 Å². The minimum atomic E-state index is 0.105. The maximum atomic E-state index is 5.55. The van der Waals surface area contributed by atoms with Crippen molar-refractivity contribution in [1.29, 1.82) is 0 Å². The quantitative estimate of drug-likeness (QED) is 0.904. The lowest BCUT2D eigenvalue weighted by Gasteiger charge is -2.50. The molecule has 2 rings (SSSR count). The van der Waals surface area contributed by atoms with Crippen molar-refractivity contribution < 1.29 is 4.74 Å². The summed E-state index contributed by atoms with van der Waals surface area (Å²) in [6.07, 6.45) is 6.81. The first kappa shape index (κ1) is 16.3. The summed E-state index contributed by atoms with van der Waals surface area (Å²) >= 11 is 0. The molecule has 1 fully saturated rings. The molecule has 1 aromatic heterocycles. The summed E-state index contributed by atoms with van der Waals surface area (Å²) in [5.41, 5.74) is 1.25. The monoisotopic (exact) mass is 294 g/mol. The van der Waals surface area contributed by atoms with E-state index in [0.717, 1.165) is 17.4 Å². The third kappa shape index (κ3) is 2.81. The van der Waals surface area contributed by atoms with Crippen molar-refractivity contribution in [2.45, 2.75) is 44.2 Å². The molecule has 21 heavy (non-hydrogen) atoms. The fraction of sp³-hybridized carbons (Fsp3) is 0.812. The summed E-state index contributed by atoms with van der Waals surface area (Å²) in [6.45, 7) is 2.37. The predicted molar refractivity (Wildman–Crippen MR) is 85.6 cm³/mol. The van der Waals surface area contributed by atoms with Crippen LogP contribution in [0.3, 0.4) is 0 Å². The lowest BCUT2D eigenvalue weighted by atomic mass is 9.70. The fourth-order valence-electron chi connectivity index (χ4n) is 4.06. The Morgan fingerprint density at radius 3 is 2.76 bits per heavy atom. The van der Waals surface area contributed by atoms with Crippen LogP contribution in [0.2, 0.25) is 0 Å². The molecule has 5 heteroatoms. The average Bonchev–Trinajstić information content (AvgIpc) is 2.81. The number of hydrogen-bond acceptors (Lipinski definition) is 4. The van der Waals surface area contributed by atoms with Crippen LogP contribution < -0.4 is 10.1 Å². The van der Waals surface area contributed by atoms with Crippen LogP contribution in [0.1, 0.15) is 44.3 Å². The van der Waals surface area contributed by atoms with Gasteiger partial charge in [-0.2, -0.15) is 5.10 Å². The third-order valence-electron chi connectivity index (χ3n) is 5.17. The predicted octanol–water partition coefficient (Wildman–Crippen LogP) is 2.20. The van der Waals surface area contributed by atoms with Gasteiger partial charge < -0.3 is 15.0 Å². The molecule has 0 aromatic carbocycles. The van der Waals surface area contributed by atoms with Crippen LogP contribution in [0, 0.1) is 5.92 Å². The standard InChI is InChI=1S/C16H30N4O/c1-12-8-7-9-16(10-12,19(3)4)15(17-2)14-13(21-6)11-18-20(14)5/h11-12,15,17H,7-10H2,1-6H3. The number of nitrogens with zero attached hydrogens (tertiary/aromatic N) is 3. The summed E-state index contributed by atoms with van der Waals surface area (Å²) in [7, 11) is 10.2. The van der Waals surface area contributed by atoms with Gasteiger partial charge in [-0.05, 0) is 39.9 Å². The van der Waals surface area contributed by atoms with Gasteiger partial charge in [0.25, 0.3) is 0 Å². The Kier molecular flexibility index (Phi) is 4.94. The zero-order chi connectivity index (χ0) is 15.6. The van der Waals surface area contributed by atoms with Crippen molar-refractivity contribution in [3.8, 4) is 5.75 Å². The van der Waals surface area contributed by atoms with Gasteiger partial charge in [0.15, 0.2) is 5.75 Å². The van der Waals surface area contributed by atoms with Crippen molar-refractivity contribution in [3.63, 3.8) is 0 Å². The van der Waals surface area contributed by atoms with Crippen LogP contribution in [0.15, 0.2) is 6.20 Å². The van der Waals surface area contributed by atoms with E-state index in [1.807, 2.05) is 25.0 Å². The lowest BCUT2D eigenvalue weighted by Crippen LogP contribution is -2.56. The van der Waals surface area contributed by atoms with Gasteiger partial charge in [0.05, 0.1) is 25.0 Å². The first-order chi connectivity index (χ1) is 9.96. The maximum Gasteiger partial charge on any atom is 0.161 e. The summed E-state index contributed by atoms with van der Waals surface area (Å²) < 4.78 is 7.50. The molecule has 0 saturated heterocycles. The van der Waals surface area contributed by atoms with Gasteiger partial charge in [0.2, 0.25) is 0 Å². The van der Waals surface area contributed by atoms with E-state index in [0.29, 0.717) is 0 Å². The molecule has 1 aromatic rings. The topological polar surface area (TPSA) is 42.3 Å². The minimum Gasteiger partial charge on any atom is -0.493 e. The highest BCUT2D eigenvalue weighted by molar-refractivity contribution is 5.31. The van der Waals surface area contributed by atoms with Gasteiger partial charge >= 0.3 is 0 Å². The molecule has 0 amide bonds. The Morgan fingerprint density at radius 1 is 1.52 bits per heavy atom. The third-order valence-corrected chi connectivity index (χ3v) is 5.17. The second-order valence-corrected chi connectivity index (χ2v) is 6.64. The second kappa shape index (κ2) is 6.36. The lowest BCUT2D eigenvalue weighted by molar-refractivity contribution is 0.0358. The van der Waals surface area contributed by atoms with Crippen molar-refractivity contribution >= 4 is 0 Å². The number of nitrogens with one attached hydrogen (secondary N) is 1. The number of aromatic nitrogens is 2. The van der Waals surface area contributed by atoms with Gasteiger partial charge in [-0.1, -0.05) is 19.8 Å². The van der Waals surface area contributed by atoms with Crippen LogP contribution in [-0.2, 0) is 7.05 Å². The molecule has 1 heterocycles. The number of ether oxygens (including phenoxy) is 1.